The summed E-state index contributed by atoms with van der Waals surface area (Å²) in [6, 6.07) is 17.4. The molecule has 0 bridgehead atoms. The largest absolute Gasteiger partial charge is 0.495 e. The number of carbonyl (C=O) groups is 1. The molecule has 160 valence electrons. The summed E-state index contributed by atoms with van der Waals surface area (Å²) in [5, 5.41) is 12.3. The predicted molar refractivity (Wildman–Crippen MR) is 124 cm³/mol. The summed E-state index contributed by atoms with van der Waals surface area (Å²) in [6.45, 7) is 3.60. The second-order valence-electron chi connectivity index (χ2n) is 7.69. The normalized spacial score (nSPS) is 14.4. The highest BCUT2D eigenvalue weighted by Crippen LogP contribution is 2.29. The van der Waals surface area contributed by atoms with Crippen LogP contribution in [0.4, 0.5) is 11.5 Å². The second kappa shape index (κ2) is 9.35. The van der Waals surface area contributed by atoms with Gasteiger partial charge in [0.1, 0.15) is 5.75 Å². The number of benzene rings is 2. The van der Waals surface area contributed by atoms with E-state index in [2.05, 4.69) is 39.5 Å². The van der Waals surface area contributed by atoms with E-state index in [1.807, 2.05) is 24.3 Å². The minimum Gasteiger partial charge on any atom is -0.495 e. The monoisotopic (exact) mass is 436 g/mol. The predicted octanol–water partition coefficient (Wildman–Crippen LogP) is 4.97. The molecule has 0 aliphatic carbocycles. The van der Waals surface area contributed by atoms with E-state index >= 15 is 0 Å². The molecule has 2 aromatic carbocycles. The van der Waals surface area contributed by atoms with Gasteiger partial charge >= 0.3 is 0 Å². The zero-order valence-electron chi connectivity index (χ0n) is 17.6. The zero-order chi connectivity index (χ0) is 21.8. The van der Waals surface area contributed by atoms with Crippen molar-refractivity contribution in [2.45, 2.75) is 19.8 Å². The van der Waals surface area contributed by atoms with Crippen LogP contribution in [0.2, 0.25) is 5.02 Å². The number of aromatic nitrogens is 2. The number of aryl methyl sites for hydroxylation is 1. The average molecular weight is 437 g/mol. The zero-order valence-corrected chi connectivity index (χ0v) is 18.4. The average Bonchev–Trinajstić information content (AvgIpc) is 2.80. The van der Waals surface area contributed by atoms with Crippen molar-refractivity contribution in [2.24, 2.45) is 5.92 Å². The van der Waals surface area contributed by atoms with Crippen LogP contribution in [0.3, 0.4) is 0 Å². The van der Waals surface area contributed by atoms with Gasteiger partial charge in [-0.3, -0.25) is 4.79 Å². The number of halogens is 1. The lowest BCUT2D eigenvalue weighted by Gasteiger charge is -2.31. The molecule has 0 saturated carbocycles. The maximum atomic E-state index is 12.7. The number of anilines is 2. The van der Waals surface area contributed by atoms with Gasteiger partial charge in [0.25, 0.3) is 0 Å². The third kappa shape index (κ3) is 4.80. The number of nitrogens with zero attached hydrogens (tertiary/aromatic N) is 3. The number of amides is 1. The Labute approximate surface area is 187 Å². The van der Waals surface area contributed by atoms with Gasteiger partial charge in [-0.1, -0.05) is 35.9 Å². The summed E-state index contributed by atoms with van der Waals surface area (Å²) in [5.41, 5.74) is 3.82. The van der Waals surface area contributed by atoms with Crippen molar-refractivity contribution in [2.75, 3.05) is 30.4 Å². The minimum absolute atomic E-state index is 0.0156. The lowest BCUT2D eigenvalue weighted by molar-refractivity contribution is -0.120. The Hall–Kier alpha value is -3.12. The van der Waals surface area contributed by atoms with Gasteiger partial charge in [-0.25, -0.2) is 0 Å². The van der Waals surface area contributed by atoms with Crippen LogP contribution < -0.4 is 15.0 Å². The maximum absolute atomic E-state index is 12.7. The van der Waals surface area contributed by atoms with Gasteiger partial charge in [0.05, 0.1) is 17.8 Å². The molecule has 0 unspecified atom stereocenters. The minimum atomic E-state index is -0.0451. The maximum Gasteiger partial charge on any atom is 0.227 e. The molecular formula is C24H25ClN4O2. The van der Waals surface area contributed by atoms with Crippen molar-refractivity contribution in [3.05, 3.63) is 65.2 Å². The summed E-state index contributed by atoms with van der Waals surface area (Å²) in [6.07, 6.45) is 1.52. The van der Waals surface area contributed by atoms with E-state index in [-0.39, 0.29) is 11.8 Å². The summed E-state index contributed by atoms with van der Waals surface area (Å²) in [4.78, 5) is 14.9. The molecule has 6 nitrogen and oxygen atoms in total. The fourth-order valence-electron chi connectivity index (χ4n) is 3.86. The van der Waals surface area contributed by atoms with Crippen LogP contribution >= 0.6 is 11.6 Å². The van der Waals surface area contributed by atoms with E-state index in [4.69, 9.17) is 16.3 Å². The number of hydrogen-bond acceptors (Lipinski definition) is 5. The molecule has 0 spiro atoms. The molecule has 7 heteroatoms. The van der Waals surface area contributed by atoms with Crippen molar-refractivity contribution >= 4 is 29.0 Å². The molecule has 0 atom stereocenters. The van der Waals surface area contributed by atoms with Gasteiger partial charge in [-0.15, -0.1) is 10.2 Å². The molecule has 31 heavy (non-hydrogen) atoms. The quantitative estimate of drug-likeness (QED) is 0.611. The van der Waals surface area contributed by atoms with Crippen molar-refractivity contribution in [1.29, 1.82) is 0 Å². The van der Waals surface area contributed by atoms with Gasteiger partial charge in [-0.05, 0) is 55.7 Å². The first-order valence-electron chi connectivity index (χ1n) is 10.3. The Morgan fingerprint density at radius 1 is 1.10 bits per heavy atom. The van der Waals surface area contributed by atoms with Crippen LogP contribution in [-0.2, 0) is 4.79 Å². The highest BCUT2D eigenvalue weighted by molar-refractivity contribution is 6.32. The van der Waals surface area contributed by atoms with Crippen LogP contribution in [0.25, 0.3) is 11.3 Å². The SMILES string of the molecule is COc1ccc(NC(=O)C2CCN(c3ccc(-c4ccccc4C)nn3)CC2)cc1Cl. The van der Waals surface area contributed by atoms with Crippen molar-refractivity contribution in [1.82, 2.24) is 10.2 Å². The van der Waals surface area contributed by atoms with Crippen LogP contribution in [0.15, 0.2) is 54.6 Å². The third-order valence-corrected chi connectivity index (χ3v) is 5.98. The topological polar surface area (TPSA) is 67.3 Å². The molecule has 4 rings (SSSR count). The van der Waals surface area contributed by atoms with E-state index < -0.39 is 0 Å². The number of piperidine rings is 1. The number of rotatable bonds is 5. The van der Waals surface area contributed by atoms with Crippen LogP contribution in [0.5, 0.6) is 5.75 Å². The van der Waals surface area contributed by atoms with Crippen molar-refractivity contribution in [3.8, 4) is 17.0 Å². The third-order valence-electron chi connectivity index (χ3n) is 5.68. The Morgan fingerprint density at radius 3 is 2.52 bits per heavy atom. The van der Waals surface area contributed by atoms with Gasteiger partial charge < -0.3 is 15.0 Å². The molecular weight excluding hydrogens is 412 g/mol. The first-order valence-corrected chi connectivity index (χ1v) is 10.7. The van der Waals surface area contributed by atoms with Crippen LogP contribution in [0, 0.1) is 12.8 Å². The molecule has 1 aliphatic rings. The van der Waals surface area contributed by atoms with Crippen molar-refractivity contribution < 1.29 is 9.53 Å². The Morgan fingerprint density at radius 2 is 1.87 bits per heavy atom. The molecule has 1 N–H and O–H groups in total. The van der Waals surface area contributed by atoms with Crippen LogP contribution in [-0.4, -0.2) is 36.3 Å². The lowest BCUT2D eigenvalue weighted by Crippen LogP contribution is -2.38. The lowest BCUT2D eigenvalue weighted by atomic mass is 9.95. The Bertz CT molecular complexity index is 1060. The number of ether oxygens (including phenoxy) is 1. The fraction of sp³-hybridized carbons (Fsp3) is 0.292. The Balaban J connectivity index is 1.34. The first-order chi connectivity index (χ1) is 15.0. The highest BCUT2D eigenvalue weighted by atomic mass is 35.5. The Kier molecular flexibility index (Phi) is 6.37. The molecule has 1 saturated heterocycles. The van der Waals surface area contributed by atoms with Crippen molar-refractivity contribution in [3.63, 3.8) is 0 Å². The van der Waals surface area contributed by atoms with E-state index in [0.717, 1.165) is 43.0 Å². The van der Waals surface area contributed by atoms with Gasteiger partial charge in [0.15, 0.2) is 5.82 Å². The standard InChI is InChI=1S/C24H25ClN4O2/c1-16-5-3-4-6-19(16)21-8-10-23(28-27-21)29-13-11-17(12-14-29)24(30)26-18-7-9-22(31-2)20(25)15-18/h3-10,15,17H,11-14H2,1-2H3,(H,26,30). The highest BCUT2D eigenvalue weighted by Gasteiger charge is 2.26. The molecule has 1 aliphatic heterocycles. The molecule has 3 aromatic rings. The number of carbonyl (C=O) groups excluding carboxylic acids is 1. The van der Waals surface area contributed by atoms with E-state index in [1.54, 1.807) is 25.3 Å². The van der Waals surface area contributed by atoms with E-state index in [0.29, 0.717) is 16.5 Å². The first kappa shape index (κ1) is 21.1. The summed E-state index contributed by atoms with van der Waals surface area (Å²) in [7, 11) is 1.56. The fourth-order valence-corrected chi connectivity index (χ4v) is 4.11. The summed E-state index contributed by atoms with van der Waals surface area (Å²) >= 11 is 6.15. The molecule has 2 heterocycles. The molecule has 1 aromatic heterocycles. The summed E-state index contributed by atoms with van der Waals surface area (Å²) < 4.78 is 5.15. The van der Waals surface area contributed by atoms with E-state index in [9.17, 15) is 4.79 Å². The van der Waals surface area contributed by atoms with Gasteiger partial charge in [0, 0.05) is 30.3 Å². The number of methoxy groups -OCH3 is 1. The molecule has 1 amide bonds. The molecule has 0 radical (unpaired) electrons. The summed E-state index contributed by atoms with van der Waals surface area (Å²) in [5.74, 6) is 1.40. The van der Waals surface area contributed by atoms with Gasteiger partial charge in [0.2, 0.25) is 5.91 Å². The second-order valence-corrected chi connectivity index (χ2v) is 8.10. The molecule has 1 fully saturated rings. The van der Waals surface area contributed by atoms with Gasteiger partial charge in [-0.2, -0.15) is 0 Å². The smallest absolute Gasteiger partial charge is 0.227 e. The van der Waals surface area contributed by atoms with Crippen LogP contribution in [0.1, 0.15) is 18.4 Å². The van der Waals surface area contributed by atoms with E-state index in [1.165, 1.54) is 5.56 Å². The number of hydrogen-bond donors (Lipinski definition) is 1. The number of nitrogens with one attached hydrogen (secondary N) is 1.